The molecule has 0 fully saturated rings. The predicted octanol–water partition coefficient (Wildman–Crippen LogP) is 5.37. The van der Waals surface area contributed by atoms with E-state index in [1.165, 1.54) is 6.92 Å². The second-order valence-corrected chi connectivity index (χ2v) is 9.29. The van der Waals surface area contributed by atoms with Gasteiger partial charge in [-0.3, -0.25) is 4.79 Å². The number of rotatable bonds is 7. The number of nitrogens with two attached hydrogens (primary N) is 1. The van der Waals surface area contributed by atoms with Gasteiger partial charge < -0.3 is 25.9 Å². The average Bonchev–Trinajstić information content (AvgIpc) is 3.17. The lowest BCUT2D eigenvalue weighted by Gasteiger charge is -2.23. The van der Waals surface area contributed by atoms with Gasteiger partial charge in [0.15, 0.2) is 5.88 Å². The molecule has 0 radical (unpaired) electrons. The van der Waals surface area contributed by atoms with Crippen LogP contribution < -0.4 is 11.1 Å². The molecule has 0 aliphatic heterocycles. The number of benzene rings is 3. The van der Waals surface area contributed by atoms with Crippen molar-refractivity contribution in [2.24, 2.45) is 10.7 Å². The van der Waals surface area contributed by atoms with Crippen LogP contribution in [0.3, 0.4) is 0 Å². The fourth-order valence-electron chi connectivity index (χ4n) is 4.21. The zero-order valence-electron chi connectivity index (χ0n) is 21.3. The Morgan fingerprint density at radius 2 is 1.78 bits per heavy atom. The van der Waals surface area contributed by atoms with Crippen LogP contribution in [0.1, 0.15) is 54.7 Å². The van der Waals surface area contributed by atoms with Crippen molar-refractivity contribution in [3.63, 3.8) is 0 Å². The summed E-state index contributed by atoms with van der Waals surface area (Å²) in [5.74, 6) is -0.743. The molecule has 0 aliphatic carbocycles. The smallest absolute Gasteiger partial charge is 0.338 e. The highest BCUT2D eigenvalue weighted by atomic mass is 16.5. The Morgan fingerprint density at radius 1 is 1.05 bits per heavy atom. The lowest BCUT2D eigenvalue weighted by atomic mass is 9.93. The van der Waals surface area contributed by atoms with Gasteiger partial charge in [0.25, 0.3) is 0 Å². The number of nitrogens with zero attached hydrogens (tertiary/aromatic N) is 1. The Kier molecular flexibility index (Phi) is 7.13. The first-order valence-corrected chi connectivity index (χ1v) is 12.0. The Hall–Kier alpha value is -4.43. The minimum Gasteiger partial charge on any atom is -0.494 e. The van der Waals surface area contributed by atoms with E-state index in [0.29, 0.717) is 39.1 Å². The zero-order valence-corrected chi connectivity index (χ0v) is 21.3. The highest BCUT2D eigenvalue weighted by molar-refractivity contribution is 6.22. The number of hydrogen-bond donors (Lipinski definition) is 4. The van der Waals surface area contributed by atoms with Gasteiger partial charge in [-0.15, -0.1) is 0 Å². The molecule has 8 nitrogen and oxygen atoms in total. The lowest BCUT2D eigenvalue weighted by molar-refractivity contribution is -0.114. The number of aromatic hydroxyl groups is 1. The molecule has 0 aliphatic rings. The number of aromatic nitrogens is 1. The summed E-state index contributed by atoms with van der Waals surface area (Å²) in [6, 6.07) is 20.0. The largest absolute Gasteiger partial charge is 0.494 e. The standard InChI is InChI=1S/C29H30N4O4/c1-5-37-28(36)19-11-13-21-23(15-19)33-27(35)25(21)26(18-9-7-6-8-10-18)32-20-12-14-22(29(3,4)30)24(16-20)31-17(2)34/h6-16,33,35H,5,30H2,1-4H3,(H,31,34). The van der Waals surface area contributed by atoms with Crippen LogP contribution in [-0.2, 0) is 15.1 Å². The highest BCUT2D eigenvalue weighted by Crippen LogP contribution is 2.34. The number of esters is 1. The summed E-state index contributed by atoms with van der Waals surface area (Å²) in [6.45, 7) is 7.17. The molecular weight excluding hydrogens is 468 g/mol. The molecule has 5 N–H and O–H groups in total. The number of amides is 1. The van der Waals surface area contributed by atoms with Crippen LogP contribution in [0.25, 0.3) is 10.9 Å². The van der Waals surface area contributed by atoms with Crippen LogP contribution in [0.4, 0.5) is 11.4 Å². The van der Waals surface area contributed by atoms with Crippen LogP contribution in [0.2, 0.25) is 0 Å². The number of hydrogen-bond acceptors (Lipinski definition) is 6. The first-order valence-electron chi connectivity index (χ1n) is 12.0. The lowest BCUT2D eigenvalue weighted by Crippen LogP contribution is -2.30. The van der Waals surface area contributed by atoms with Crippen LogP contribution in [-0.4, -0.2) is 34.3 Å². The van der Waals surface area contributed by atoms with Crippen molar-refractivity contribution >= 4 is 39.9 Å². The summed E-state index contributed by atoms with van der Waals surface area (Å²) in [7, 11) is 0. The van der Waals surface area contributed by atoms with Gasteiger partial charge in [-0.25, -0.2) is 9.79 Å². The molecule has 0 unspecified atom stereocenters. The molecule has 0 bridgehead atoms. The minimum atomic E-state index is -0.686. The van der Waals surface area contributed by atoms with Gasteiger partial charge in [0.1, 0.15) is 0 Å². The van der Waals surface area contributed by atoms with E-state index in [-0.39, 0.29) is 18.4 Å². The van der Waals surface area contributed by atoms with Gasteiger partial charge in [0, 0.05) is 34.6 Å². The normalized spacial score (nSPS) is 12.0. The summed E-state index contributed by atoms with van der Waals surface area (Å²) >= 11 is 0. The molecule has 3 aromatic carbocycles. The number of carbonyl (C=O) groups excluding carboxylic acids is 2. The quantitative estimate of drug-likeness (QED) is 0.201. The molecule has 1 aromatic heterocycles. The average molecular weight is 499 g/mol. The van der Waals surface area contributed by atoms with E-state index in [1.807, 2.05) is 56.3 Å². The second kappa shape index (κ2) is 10.3. The van der Waals surface area contributed by atoms with Crippen molar-refractivity contribution in [2.75, 3.05) is 11.9 Å². The van der Waals surface area contributed by atoms with Crippen LogP contribution in [0, 0.1) is 0 Å². The number of fused-ring (bicyclic) bond motifs is 1. The van der Waals surface area contributed by atoms with E-state index in [1.54, 1.807) is 31.2 Å². The Balaban J connectivity index is 1.91. The minimum absolute atomic E-state index is 0.0830. The molecule has 4 aromatic rings. The van der Waals surface area contributed by atoms with Crippen LogP contribution >= 0.6 is 0 Å². The molecule has 8 heteroatoms. The number of carbonyl (C=O) groups is 2. The maximum Gasteiger partial charge on any atom is 0.338 e. The summed E-state index contributed by atoms with van der Waals surface area (Å²) < 4.78 is 5.10. The topological polar surface area (TPSA) is 130 Å². The Morgan fingerprint density at radius 3 is 2.43 bits per heavy atom. The van der Waals surface area contributed by atoms with Crippen LogP contribution in [0.15, 0.2) is 71.7 Å². The fourth-order valence-corrected chi connectivity index (χ4v) is 4.21. The van der Waals surface area contributed by atoms with E-state index < -0.39 is 11.5 Å². The van der Waals surface area contributed by atoms with Crippen LogP contribution in [0.5, 0.6) is 5.88 Å². The maximum absolute atomic E-state index is 12.2. The number of aromatic amines is 1. The summed E-state index contributed by atoms with van der Waals surface area (Å²) in [4.78, 5) is 32.0. The van der Waals surface area contributed by atoms with Gasteiger partial charge >= 0.3 is 5.97 Å². The SMILES string of the molecule is CCOC(=O)c1ccc2c(C(=Nc3ccc(C(C)(C)N)c(NC(C)=O)c3)c3ccccc3)c(O)[nH]c2c1. The van der Waals surface area contributed by atoms with E-state index in [0.717, 1.165) is 11.1 Å². The molecule has 0 saturated carbocycles. The van der Waals surface area contributed by atoms with Crippen molar-refractivity contribution < 1.29 is 19.4 Å². The third kappa shape index (κ3) is 5.54. The third-order valence-electron chi connectivity index (χ3n) is 5.82. The van der Waals surface area contributed by atoms with E-state index in [9.17, 15) is 14.7 Å². The van der Waals surface area contributed by atoms with Gasteiger partial charge in [-0.2, -0.15) is 0 Å². The van der Waals surface area contributed by atoms with Crippen molar-refractivity contribution in [3.8, 4) is 5.88 Å². The predicted molar refractivity (Wildman–Crippen MR) is 146 cm³/mol. The molecule has 0 saturated heterocycles. The Labute approximate surface area is 215 Å². The first-order chi connectivity index (χ1) is 17.6. The second-order valence-electron chi connectivity index (χ2n) is 9.29. The molecule has 37 heavy (non-hydrogen) atoms. The molecular formula is C29H30N4O4. The first kappa shape index (κ1) is 25.7. The van der Waals surface area contributed by atoms with Crippen molar-refractivity contribution in [3.05, 3.63) is 89.0 Å². The number of aliphatic imine (C=N–C) groups is 1. The summed E-state index contributed by atoms with van der Waals surface area (Å²) in [6.07, 6.45) is 0. The number of ether oxygens (including phenoxy) is 1. The van der Waals surface area contributed by atoms with Gasteiger partial charge in [-0.05, 0) is 50.6 Å². The number of H-pyrrole nitrogens is 1. The summed E-state index contributed by atoms with van der Waals surface area (Å²) in [5, 5.41) is 14.5. The molecule has 1 heterocycles. The number of nitrogens with one attached hydrogen (secondary N) is 2. The van der Waals surface area contributed by atoms with Crippen molar-refractivity contribution in [2.45, 2.75) is 33.2 Å². The van der Waals surface area contributed by atoms with E-state index in [4.69, 9.17) is 15.5 Å². The summed E-state index contributed by atoms with van der Waals surface area (Å²) in [5.41, 5.74) is 10.3. The maximum atomic E-state index is 12.2. The zero-order chi connectivity index (χ0) is 26.7. The van der Waals surface area contributed by atoms with Gasteiger partial charge in [0.05, 0.1) is 29.1 Å². The number of anilines is 1. The molecule has 0 spiro atoms. The van der Waals surface area contributed by atoms with E-state index in [2.05, 4.69) is 10.3 Å². The molecule has 190 valence electrons. The third-order valence-corrected chi connectivity index (χ3v) is 5.82. The fraction of sp³-hybridized carbons (Fsp3) is 0.207. The van der Waals surface area contributed by atoms with Crippen molar-refractivity contribution in [1.82, 2.24) is 4.98 Å². The monoisotopic (exact) mass is 498 g/mol. The van der Waals surface area contributed by atoms with Crippen molar-refractivity contribution in [1.29, 1.82) is 0 Å². The molecule has 4 rings (SSSR count). The van der Waals surface area contributed by atoms with E-state index >= 15 is 0 Å². The molecule has 0 atom stereocenters. The highest BCUT2D eigenvalue weighted by Gasteiger charge is 2.22. The Bertz CT molecular complexity index is 1500. The van der Waals surface area contributed by atoms with Gasteiger partial charge in [0.2, 0.25) is 5.91 Å². The van der Waals surface area contributed by atoms with Gasteiger partial charge in [-0.1, -0.05) is 42.5 Å². The molecule has 1 amide bonds.